The number of hydrogen-bond donors (Lipinski definition) is 2. The van der Waals surface area contributed by atoms with Gasteiger partial charge >= 0.3 is 5.97 Å². The number of carboxylic acids is 1. The first-order valence-electron chi connectivity index (χ1n) is 12.7. The summed E-state index contributed by atoms with van der Waals surface area (Å²) < 4.78 is 6.84. The lowest BCUT2D eigenvalue weighted by atomic mass is 9.98. The standard InChI is InChI=1S/C28H34N4O5/c1-18(2)14-25(32-17-29-22-7-5-4-6-21(22)28(32)36)27(35)30-23(16-26(33)34)20-9-8-19(3)24(15-20)31-10-12-37-13-11-31/h4-9,15,17-18,23,25H,10-14,16H2,1-3H3,(H,30,35)(H,33,34)/t23?,25-/m0/s1. The van der Waals surface area contributed by atoms with Gasteiger partial charge in [-0.05, 0) is 48.6 Å². The molecule has 2 heterocycles. The SMILES string of the molecule is Cc1ccc(C(CC(=O)O)NC(=O)[C@H](CC(C)C)n2cnc3ccccc3c2=O)cc1N1CCOCC1. The number of para-hydroxylation sites is 1. The quantitative estimate of drug-likeness (QED) is 0.457. The van der Waals surface area contributed by atoms with Gasteiger partial charge in [-0.25, -0.2) is 4.98 Å². The molecule has 196 valence electrons. The third-order valence-corrected chi connectivity index (χ3v) is 6.71. The van der Waals surface area contributed by atoms with E-state index in [2.05, 4.69) is 15.2 Å². The number of aromatic nitrogens is 2. The number of amides is 1. The molecular formula is C28H34N4O5. The Labute approximate surface area is 216 Å². The molecule has 2 N–H and O–H groups in total. The summed E-state index contributed by atoms with van der Waals surface area (Å²) in [6.45, 7) is 8.71. The van der Waals surface area contributed by atoms with Crippen LogP contribution in [-0.2, 0) is 14.3 Å². The predicted octanol–water partition coefficient (Wildman–Crippen LogP) is 3.46. The second-order valence-electron chi connectivity index (χ2n) is 9.92. The number of benzene rings is 2. The highest BCUT2D eigenvalue weighted by molar-refractivity contribution is 5.83. The fourth-order valence-corrected chi connectivity index (χ4v) is 4.78. The minimum atomic E-state index is -1.02. The molecule has 0 aliphatic carbocycles. The number of hydrogen-bond acceptors (Lipinski definition) is 6. The smallest absolute Gasteiger partial charge is 0.305 e. The summed E-state index contributed by atoms with van der Waals surface area (Å²) in [5.41, 5.74) is 3.03. The number of nitrogens with zero attached hydrogens (tertiary/aromatic N) is 3. The predicted molar refractivity (Wildman–Crippen MR) is 142 cm³/mol. The van der Waals surface area contributed by atoms with Crippen molar-refractivity contribution in [3.8, 4) is 0 Å². The van der Waals surface area contributed by atoms with Gasteiger partial charge < -0.3 is 20.1 Å². The fourth-order valence-electron chi connectivity index (χ4n) is 4.78. The Hall–Kier alpha value is -3.72. The van der Waals surface area contributed by atoms with Crippen LogP contribution in [0.15, 0.2) is 53.6 Å². The molecule has 4 rings (SSSR count). The Kier molecular flexibility index (Phi) is 8.23. The van der Waals surface area contributed by atoms with Gasteiger partial charge in [-0.3, -0.25) is 19.0 Å². The van der Waals surface area contributed by atoms with Crippen LogP contribution in [0.25, 0.3) is 10.9 Å². The van der Waals surface area contributed by atoms with Gasteiger partial charge in [0.1, 0.15) is 6.04 Å². The first-order chi connectivity index (χ1) is 17.7. The number of carboxylic acid groups (broad SMARTS) is 1. The van der Waals surface area contributed by atoms with Crippen molar-refractivity contribution in [2.45, 2.75) is 45.7 Å². The van der Waals surface area contributed by atoms with Crippen LogP contribution in [0, 0.1) is 12.8 Å². The molecule has 1 aliphatic rings. The van der Waals surface area contributed by atoms with Gasteiger partial charge in [0.25, 0.3) is 5.56 Å². The maximum absolute atomic E-state index is 13.7. The molecule has 1 aliphatic heterocycles. The van der Waals surface area contributed by atoms with E-state index in [-0.39, 0.29) is 17.9 Å². The minimum absolute atomic E-state index is 0.111. The van der Waals surface area contributed by atoms with E-state index in [0.29, 0.717) is 36.1 Å². The molecule has 1 unspecified atom stereocenters. The van der Waals surface area contributed by atoms with Crippen molar-refractivity contribution in [1.82, 2.24) is 14.9 Å². The molecule has 2 aromatic carbocycles. The molecule has 0 radical (unpaired) electrons. The molecule has 1 saturated heterocycles. The second-order valence-corrected chi connectivity index (χ2v) is 9.92. The normalized spacial score (nSPS) is 15.5. The number of ether oxygens (including phenoxy) is 1. The highest BCUT2D eigenvalue weighted by Crippen LogP contribution is 2.28. The largest absolute Gasteiger partial charge is 0.481 e. The van der Waals surface area contributed by atoms with Gasteiger partial charge in [-0.1, -0.05) is 38.1 Å². The van der Waals surface area contributed by atoms with E-state index in [1.807, 2.05) is 39.0 Å². The Balaban J connectivity index is 1.67. The van der Waals surface area contributed by atoms with Crippen molar-refractivity contribution in [3.63, 3.8) is 0 Å². The molecule has 9 nitrogen and oxygen atoms in total. The van der Waals surface area contributed by atoms with Crippen LogP contribution >= 0.6 is 0 Å². The third kappa shape index (κ3) is 6.17. The van der Waals surface area contributed by atoms with Crippen molar-refractivity contribution < 1.29 is 19.4 Å². The summed E-state index contributed by atoms with van der Waals surface area (Å²) in [7, 11) is 0. The monoisotopic (exact) mass is 506 g/mol. The van der Waals surface area contributed by atoms with Gasteiger partial charge in [0, 0.05) is 18.8 Å². The lowest BCUT2D eigenvalue weighted by Crippen LogP contribution is -2.40. The summed E-state index contributed by atoms with van der Waals surface area (Å²) in [6, 6.07) is 11.2. The van der Waals surface area contributed by atoms with E-state index in [1.165, 1.54) is 10.9 Å². The number of anilines is 1. The molecule has 1 fully saturated rings. The Morgan fingerprint density at radius 1 is 1.14 bits per heavy atom. The molecule has 3 aromatic rings. The lowest BCUT2D eigenvalue weighted by Gasteiger charge is -2.31. The Morgan fingerprint density at radius 2 is 1.86 bits per heavy atom. The molecule has 37 heavy (non-hydrogen) atoms. The molecule has 9 heteroatoms. The van der Waals surface area contributed by atoms with Crippen LogP contribution in [0.1, 0.15) is 49.9 Å². The Bertz CT molecular complexity index is 1330. The van der Waals surface area contributed by atoms with E-state index >= 15 is 0 Å². The maximum Gasteiger partial charge on any atom is 0.305 e. The van der Waals surface area contributed by atoms with E-state index in [1.54, 1.807) is 24.3 Å². The summed E-state index contributed by atoms with van der Waals surface area (Å²) in [4.78, 5) is 45.3. The van der Waals surface area contributed by atoms with Gasteiger partial charge in [0.05, 0.1) is 42.9 Å². The number of morpholine rings is 1. The zero-order valence-electron chi connectivity index (χ0n) is 21.5. The first kappa shape index (κ1) is 26.3. The van der Waals surface area contributed by atoms with Crippen molar-refractivity contribution in [2.75, 3.05) is 31.2 Å². The number of aryl methyl sites for hydroxylation is 1. The molecule has 1 aromatic heterocycles. The van der Waals surface area contributed by atoms with Crippen LogP contribution < -0.4 is 15.8 Å². The summed E-state index contributed by atoms with van der Waals surface area (Å²) in [5.74, 6) is -1.32. The number of carbonyl (C=O) groups excluding carboxylic acids is 1. The van der Waals surface area contributed by atoms with Crippen LogP contribution in [0.5, 0.6) is 0 Å². The molecule has 0 spiro atoms. The van der Waals surface area contributed by atoms with E-state index in [9.17, 15) is 19.5 Å². The number of aliphatic carboxylic acids is 1. The topological polar surface area (TPSA) is 114 Å². The van der Waals surface area contributed by atoms with E-state index in [4.69, 9.17) is 4.74 Å². The van der Waals surface area contributed by atoms with Gasteiger partial charge in [-0.15, -0.1) is 0 Å². The lowest BCUT2D eigenvalue weighted by molar-refractivity contribution is -0.138. The highest BCUT2D eigenvalue weighted by atomic mass is 16.5. The summed E-state index contributed by atoms with van der Waals surface area (Å²) in [5, 5.41) is 13.0. The zero-order chi connectivity index (χ0) is 26.5. The van der Waals surface area contributed by atoms with Crippen LogP contribution in [0.4, 0.5) is 5.69 Å². The number of fused-ring (bicyclic) bond motifs is 1. The van der Waals surface area contributed by atoms with Gasteiger partial charge in [0.2, 0.25) is 5.91 Å². The average molecular weight is 507 g/mol. The zero-order valence-corrected chi connectivity index (χ0v) is 21.5. The van der Waals surface area contributed by atoms with Crippen LogP contribution in [0.3, 0.4) is 0 Å². The molecule has 1 amide bonds. The van der Waals surface area contributed by atoms with E-state index in [0.717, 1.165) is 24.3 Å². The molecule has 0 bridgehead atoms. The summed E-state index contributed by atoms with van der Waals surface area (Å²) in [6.07, 6.45) is 1.53. The van der Waals surface area contributed by atoms with Crippen molar-refractivity contribution in [1.29, 1.82) is 0 Å². The first-order valence-corrected chi connectivity index (χ1v) is 12.7. The third-order valence-electron chi connectivity index (χ3n) is 6.71. The van der Waals surface area contributed by atoms with Crippen molar-refractivity contribution in [3.05, 3.63) is 70.3 Å². The fraction of sp³-hybridized carbons (Fsp3) is 0.429. The molecule has 2 atom stereocenters. The second kappa shape index (κ2) is 11.6. The van der Waals surface area contributed by atoms with Crippen LogP contribution in [0.2, 0.25) is 0 Å². The Morgan fingerprint density at radius 3 is 2.57 bits per heavy atom. The van der Waals surface area contributed by atoms with Crippen molar-refractivity contribution in [2.24, 2.45) is 5.92 Å². The van der Waals surface area contributed by atoms with Crippen LogP contribution in [-0.4, -0.2) is 52.8 Å². The minimum Gasteiger partial charge on any atom is -0.481 e. The van der Waals surface area contributed by atoms with Gasteiger partial charge in [-0.2, -0.15) is 0 Å². The molecular weight excluding hydrogens is 472 g/mol. The number of carbonyl (C=O) groups is 2. The average Bonchev–Trinajstić information content (AvgIpc) is 2.88. The highest BCUT2D eigenvalue weighted by Gasteiger charge is 2.28. The summed E-state index contributed by atoms with van der Waals surface area (Å²) >= 11 is 0. The number of rotatable bonds is 9. The van der Waals surface area contributed by atoms with E-state index < -0.39 is 24.0 Å². The maximum atomic E-state index is 13.7. The van der Waals surface area contributed by atoms with Crippen molar-refractivity contribution >= 4 is 28.5 Å². The number of nitrogens with one attached hydrogen (secondary N) is 1. The van der Waals surface area contributed by atoms with Gasteiger partial charge in [0.15, 0.2) is 0 Å². The molecule has 0 saturated carbocycles.